The third-order valence-electron chi connectivity index (χ3n) is 1.61. The van der Waals surface area contributed by atoms with Gasteiger partial charge in [0, 0.05) is 18.2 Å². The average Bonchev–Trinajstić information content (AvgIpc) is 2.04. The van der Waals surface area contributed by atoms with E-state index in [-0.39, 0.29) is 5.91 Å². The number of carbonyl (C=O) groups excluding carboxylic acids is 1. The van der Waals surface area contributed by atoms with E-state index in [1.807, 2.05) is 0 Å². The van der Waals surface area contributed by atoms with Crippen molar-refractivity contribution in [1.29, 1.82) is 0 Å². The molecule has 0 saturated carbocycles. The molecule has 0 radical (unpaired) electrons. The van der Waals surface area contributed by atoms with Gasteiger partial charge in [0.15, 0.2) is 0 Å². The smallest absolute Gasteiger partial charge is 0.234 e. The first-order chi connectivity index (χ1) is 5.31. The van der Waals surface area contributed by atoms with Gasteiger partial charge in [0.05, 0.1) is 0 Å². The van der Waals surface area contributed by atoms with Crippen molar-refractivity contribution in [3.8, 4) is 0 Å². The van der Waals surface area contributed by atoms with Crippen molar-refractivity contribution in [2.45, 2.75) is 45.4 Å². The largest absolute Gasteiger partial charge is 0.274 e. The van der Waals surface area contributed by atoms with Crippen molar-refractivity contribution in [3.63, 3.8) is 0 Å². The molecule has 0 heterocycles. The van der Waals surface area contributed by atoms with Gasteiger partial charge in [-0.15, -0.1) is 0 Å². The molecule has 0 aromatic carbocycles. The van der Waals surface area contributed by atoms with Gasteiger partial charge < -0.3 is 0 Å². The van der Waals surface area contributed by atoms with Crippen LogP contribution in [0.1, 0.15) is 45.4 Å². The van der Waals surface area contributed by atoms with E-state index < -0.39 is 0 Å². The minimum atomic E-state index is -0.0665. The van der Waals surface area contributed by atoms with E-state index in [1.165, 1.54) is 19.3 Å². The van der Waals surface area contributed by atoms with Crippen molar-refractivity contribution < 1.29 is 4.79 Å². The first kappa shape index (κ1) is 10.8. The SMILES string of the molecule is CCCCCCCC(=O)NCl. The monoisotopic (exact) mass is 177 g/mol. The maximum atomic E-state index is 10.6. The Bertz CT molecular complexity index is 106. The van der Waals surface area contributed by atoms with E-state index >= 15 is 0 Å². The normalized spacial score (nSPS) is 9.64. The Kier molecular flexibility index (Phi) is 7.69. The zero-order chi connectivity index (χ0) is 8.53. The van der Waals surface area contributed by atoms with Gasteiger partial charge in [0.25, 0.3) is 0 Å². The van der Waals surface area contributed by atoms with Gasteiger partial charge in [-0.1, -0.05) is 32.6 Å². The third kappa shape index (κ3) is 7.66. The number of rotatable bonds is 6. The second kappa shape index (κ2) is 7.86. The molecule has 11 heavy (non-hydrogen) atoms. The van der Waals surface area contributed by atoms with E-state index in [9.17, 15) is 4.79 Å². The fraction of sp³-hybridized carbons (Fsp3) is 0.875. The lowest BCUT2D eigenvalue weighted by atomic mass is 10.1. The number of halogens is 1. The number of amides is 1. The molecule has 0 saturated heterocycles. The Labute approximate surface area is 73.4 Å². The number of hydrogen-bond acceptors (Lipinski definition) is 1. The molecule has 0 aliphatic heterocycles. The van der Waals surface area contributed by atoms with Crippen molar-refractivity contribution >= 4 is 17.7 Å². The average molecular weight is 178 g/mol. The molecule has 66 valence electrons. The van der Waals surface area contributed by atoms with Crippen molar-refractivity contribution in [3.05, 3.63) is 0 Å². The lowest BCUT2D eigenvalue weighted by Gasteiger charge is -1.97. The van der Waals surface area contributed by atoms with Crippen molar-refractivity contribution in [1.82, 2.24) is 4.84 Å². The molecular weight excluding hydrogens is 162 g/mol. The molecule has 0 bridgehead atoms. The lowest BCUT2D eigenvalue weighted by Crippen LogP contribution is -2.11. The minimum absolute atomic E-state index is 0.0665. The van der Waals surface area contributed by atoms with Crippen molar-refractivity contribution in [2.75, 3.05) is 0 Å². The highest BCUT2D eigenvalue weighted by atomic mass is 35.5. The Morgan fingerprint density at radius 1 is 1.27 bits per heavy atom. The van der Waals surface area contributed by atoms with E-state index in [0.717, 1.165) is 12.8 Å². The zero-order valence-electron chi connectivity index (χ0n) is 7.03. The summed E-state index contributed by atoms with van der Waals surface area (Å²) in [7, 11) is 0. The van der Waals surface area contributed by atoms with Crippen LogP contribution in [-0.4, -0.2) is 5.91 Å². The van der Waals surface area contributed by atoms with Crippen LogP contribution in [-0.2, 0) is 4.79 Å². The molecule has 0 aromatic heterocycles. The number of unbranched alkanes of at least 4 members (excludes halogenated alkanes) is 4. The molecule has 2 nitrogen and oxygen atoms in total. The van der Waals surface area contributed by atoms with Crippen LogP contribution in [0.5, 0.6) is 0 Å². The number of nitrogens with one attached hydrogen (secondary N) is 1. The number of hydrogen-bond donors (Lipinski definition) is 1. The molecule has 0 spiro atoms. The summed E-state index contributed by atoms with van der Waals surface area (Å²) in [5.41, 5.74) is 0. The fourth-order valence-electron chi connectivity index (χ4n) is 0.936. The highest BCUT2D eigenvalue weighted by Gasteiger charge is 1.96. The first-order valence-electron chi connectivity index (χ1n) is 4.20. The first-order valence-corrected chi connectivity index (χ1v) is 4.58. The molecule has 0 rings (SSSR count). The Morgan fingerprint density at radius 2 is 1.91 bits per heavy atom. The Hall–Kier alpha value is -0.240. The molecule has 1 amide bonds. The molecule has 1 N–H and O–H groups in total. The van der Waals surface area contributed by atoms with Crippen LogP contribution in [0.2, 0.25) is 0 Å². The summed E-state index contributed by atoms with van der Waals surface area (Å²) in [6, 6.07) is 0. The van der Waals surface area contributed by atoms with E-state index in [2.05, 4.69) is 11.8 Å². The molecule has 0 unspecified atom stereocenters. The van der Waals surface area contributed by atoms with Crippen LogP contribution >= 0.6 is 11.8 Å². The number of carbonyl (C=O) groups is 1. The van der Waals surface area contributed by atoms with E-state index in [4.69, 9.17) is 11.8 Å². The van der Waals surface area contributed by atoms with Gasteiger partial charge in [0.1, 0.15) is 0 Å². The Morgan fingerprint density at radius 3 is 2.45 bits per heavy atom. The summed E-state index contributed by atoms with van der Waals surface area (Å²) >= 11 is 5.09. The summed E-state index contributed by atoms with van der Waals surface area (Å²) < 4.78 is 0. The zero-order valence-corrected chi connectivity index (χ0v) is 7.78. The van der Waals surface area contributed by atoms with Crippen LogP contribution in [0, 0.1) is 0 Å². The van der Waals surface area contributed by atoms with Crippen molar-refractivity contribution in [2.24, 2.45) is 0 Å². The molecule has 0 aromatic rings. The predicted molar refractivity (Wildman–Crippen MR) is 47.4 cm³/mol. The lowest BCUT2D eigenvalue weighted by molar-refractivity contribution is -0.119. The molecule has 3 heteroatoms. The third-order valence-corrected chi connectivity index (χ3v) is 1.82. The topological polar surface area (TPSA) is 29.1 Å². The summed E-state index contributed by atoms with van der Waals surface area (Å²) in [6.07, 6.45) is 6.39. The van der Waals surface area contributed by atoms with Gasteiger partial charge in [-0.3, -0.25) is 9.63 Å². The second-order valence-electron chi connectivity index (χ2n) is 2.68. The molecule has 0 aliphatic carbocycles. The Balaban J connectivity index is 2.95. The second-order valence-corrected chi connectivity index (χ2v) is 2.87. The molecule has 0 fully saturated rings. The van der Waals surface area contributed by atoms with E-state index in [1.54, 1.807) is 0 Å². The van der Waals surface area contributed by atoms with Gasteiger partial charge in [-0.2, -0.15) is 0 Å². The maximum absolute atomic E-state index is 10.6. The van der Waals surface area contributed by atoms with Crippen LogP contribution < -0.4 is 4.84 Å². The van der Waals surface area contributed by atoms with Gasteiger partial charge in [0.2, 0.25) is 5.91 Å². The summed E-state index contributed by atoms with van der Waals surface area (Å²) in [5, 5.41) is 0. The maximum Gasteiger partial charge on any atom is 0.234 e. The van der Waals surface area contributed by atoms with Crippen LogP contribution in [0.25, 0.3) is 0 Å². The minimum Gasteiger partial charge on any atom is -0.274 e. The summed E-state index contributed by atoms with van der Waals surface area (Å²) in [5.74, 6) is -0.0665. The quantitative estimate of drug-likeness (QED) is 0.491. The predicted octanol–water partition coefficient (Wildman–Crippen LogP) is 2.62. The standard InChI is InChI=1S/C8H16ClNO/c1-2-3-4-5-6-7-8(11)10-9/h2-7H2,1H3,(H,10,11). The molecule has 0 aliphatic rings. The highest BCUT2D eigenvalue weighted by molar-refractivity contribution is 6.21. The summed E-state index contributed by atoms with van der Waals surface area (Å²) in [4.78, 5) is 12.7. The van der Waals surface area contributed by atoms with Crippen LogP contribution in [0.3, 0.4) is 0 Å². The molecule has 0 atom stereocenters. The fourth-order valence-corrected chi connectivity index (χ4v) is 1.03. The highest BCUT2D eigenvalue weighted by Crippen LogP contribution is 2.04. The van der Waals surface area contributed by atoms with Crippen LogP contribution in [0.15, 0.2) is 0 Å². The van der Waals surface area contributed by atoms with Crippen LogP contribution in [0.4, 0.5) is 0 Å². The summed E-state index contributed by atoms with van der Waals surface area (Å²) in [6.45, 7) is 2.17. The molecular formula is C8H16ClNO. The van der Waals surface area contributed by atoms with Gasteiger partial charge in [-0.05, 0) is 6.42 Å². The van der Waals surface area contributed by atoms with Gasteiger partial charge in [-0.25, -0.2) is 0 Å². The van der Waals surface area contributed by atoms with Gasteiger partial charge >= 0.3 is 0 Å². The van der Waals surface area contributed by atoms with E-state index in [0.29, 0.717) is 6.42 Å².